The quantitative estimate of drug-likeness (QED) is 0.817. The van der Waals surface area contributed by atoms with Crippen LogP contribution in [0, 0.1) is 0 Å². The summed E-state index contributed by atoms with van der Waals surface area (Å²) in [6.45, 7) is 1.68. The maximum absolute atomic E-state index is 11.6. The molecule has 2 rings (SSSR count). The van der Waals surface area contributed by atoms with Crippen LogP contribution in [0.1, 0.15) is 32.1 Å². The highest BCUT2D eigenvalue weighted by atomic mass is 32.2. The van der Waals surface area contributed by atoms with Gasteiger partial charge < -0.3 is 10.1 Å². The third kappa shape index (κ3) is 3.79. The lowest BCUT2D eigenvalue weighted by Gasteiger charge is -2.22. The first kappa shape index (κ1) is 11.9. The zero-order chi connectivity index (χ0) is 11.2. The van der Waals surface area contributed by atoms with Gasteiger partial charge in [0.05, 0.1) is 12.6 Å². The summed E-state index contributed by atoms with van der Waals surface area (Å²) in [4.78, 5) is 15.8. The Bertz CT molecular complexity index is 275. The van der Waals surface area contributed by atoms with E-state index in [1.54, 1.807) is 11.8 Å². The number of aliphatic imine (C=N–C) groups is 1. The average molecular weight is 242 g/mol. The van der Waals surface area contributed by atoms with Gasteiger partial charge in [-0.2, -0.15) is 0 Å². The molecular formula is C11H18N2O2S. The Kier molecular flexibility index (Phi) is 4.66. The molecule has 4 nitrogen and oxygen atoms in total. The first-order valence-electron chi connectivity index (χ1n) is 5.93. The fourth-order valence-corrected chi connectivity index (χ4v) is 2.66. The zero-order valence-electron chi connectivity index (χ0n) is 9.41. The number of nitrogens with zero attached hydrogens (tertiary/aromatic N) is 1. The number of amidine groups is 1. The molecule has 0 aromatic heterocycles. The molecule has 1 N–H and O–H groups in total. The molecule has 1 saturated heterocycles. The van der Waals surface area contributed by atoms with E-state index < -0.39 is 0 Å². The summed E-state index contributed by atoms with van der Waals surface area (Å²) in [5.74, 6) is 1.06. The summed E-state index contributed by atoms with van der Waals surface area (Å²) in [6.07, 6.45) is 5.17. The Hall–Kier alpha value is -0.550. The van der Waals surface area contributed by atoms with Crippen LogP contribution in [-0.2, 0) is 9.53 Å². The summed E-state index contributed by atoms with van der Waals surface area (Å²) >= 11 is 1.62. The first-order chi connectivity index (χ1) is 7.84. The number of carbonyl (C=O) groups is 1. The smallest absolute Gasteiger partial charge is 0.226 e. The summed E-state index contributed by atoms with van der Waals surface area (Å²) in [7, 11) is 0. The van der Waals surface area contributed by atoms with Crippen molar-refractivity contribution < 1.29 is 9.53 Å². The van der Waals surface area contributed by atoms with Crippen molar-refractivity contribution in [3.8, 4) is 0 Å². The molecule has 1 atom stereocenters. The number of thioether (sulfide) groups is 1. The largest absolute Gasteiger partial charge is 0.378 e. The molecule has 0 spiro atoms. The molecule has 16 heavy (non-hydrogen) atoms. The molecule has 0 saturated carbocycles. The Morgan fingerprint density at radius 2 is 2.50 bits per heavy atom. The van der Waals surface area contributed by atoms with Crippen LogP contribution in [0.5, 0.6) is 0 Å². The van der Waals surface area contributed by atoms with Gasteiger partial charge in [-0.3, -0.25) is 9.79 Å². The number of ether oxygens (including phenoxy) is 1. The minimum absolute atomic E-state index is 0.0716. The van der Waals surface area contributed by atoms with Gasteiger partial charge in [0.1, 0.15) is 0 Å². The Morgan fingerprint density at radius 1 is 1.56 bits per heavy atom. The second kappa shape index (κ2) is 6.25. The van der Waals surface area contributed by atoms with E-state index in [1.165, 1.54) is 6.42 Å². The van der Waals surface area contributed by atoms with Crippen molar-refractivity contribution in [2.24, 2.45) is 4.99 Å². The van der Waals surface area contributed by atoms with Crippen LogP contribution in [0.3, 0.4) is 0 Å². The third-order valence-electron chi connectivity index (χ3n) is 2.80. The van der Waals surface area contributed by atoms with E-state index in [1.807, 2.05) is 0 Å². The predicted molar refractivity (Wildman–Crippen MR) is 65.7 cm³/mol. The van der Waals surface area contributed by atoms with Gasteiger partial charge >= 0.3 is 0 Å². The van der Waals surface area contributed by atoms with Crippen LogP contribution >= 0.6 is 11.8 Å². The van der Waals surface area contributed by atoms with E-state index in [0.717, 1.165) is 43.3 Å². The van der Waals surface area contributed by atoms with Crippen LogP contribution in [0.2, 0.25) is 0 Å². The zero-order valence-corrected chi connectivity index (χ0v) is 10.2. The van der Waals surface area contributed by atoms with Crippen molar-refractivity contribution in [1.82, 2.24) is 5.32 Å². The van der Waals surface area contributed by atoms with E-state index in [-0.39, 0.29) is 12.0 Å². The molecule has 1 fully saturated rings. The monoisotopic (exact) mass is 242 g/mol. The van der Waals surface area contributed by atoms with E-state index in [9.17, 15) is 4.79 Å². The first-order valence-corrected chi connectivity index (χ1v) is 6.92. The molecular weight excluding hydrogens is 224 g/mol. The average Bonchev–Trinajstić information content (AvgIpc) is 2.81. The molecule has 5 heteroatoms. The molecule has 2 heterocycles. The number of hydrogen-bond acceptors (Lipinski definition) is 4. The van der Waals surface area contributed by atoms with Crippen molar-refractivity contribution >= 4 is 22.8 Å². The van der Waals surface area contributed by atoms with Crippen LogP contribution in [0.15, 0.2) is 4.99 Å². The van der Waals surface area contributed by atoms with Crippen molar-refractivity contribution in [1.29, 1.82) is 0 Å². The predicted octanol–water partition coefficient (Wildman–Crippen LogP) is 1.55. The number of hydrogen-bond donors (Lipinski definition) is 1. The van der Waals surface area contributed by atoms with Gasteiger partial charge in [-0.25, -0.2) is 0 Å². The SMILES string of the molecule is O=C(CCC1CCCCO1)NC1=NCCS1. The summed E-state index contributed by atoms with van der Waals surface area (Å²) in [6, 6.07) is 0. The van der Waals surface area contributed by atoms with Crippen LogP contribution in [0.4, 0.5) is 0 Å². The maximum Gasteiger partial charge on any atom is 0.226 e. The van der Waals surface area contributed by atoms with Crippen molar-refractivity contribution in [3.05, 3.63) is 0 Å². The summed E-state index contributed by atoms with van der Waals surface area (Å²) in [5, 5.41) is 3.62. The lowest BCUT2D eigenvalue weighted by molar-refractivity contribution is -0.120. The summed E-state index contributed by atoms with van der Waals surface area (Å²) in [5.41, 5.74) is 0. The fraction of sp³-hybridized carbons (Fsp3) is 0.818. The maximum atomic E-state index is 11.6. The second-order valence-corrected chi connectivity index (χ2v) is 5.19. The van der Waals surface area contributed by atoms with Gasteiger partial charge in [0.25, 0.3) is 0 Å². The number of amides is 1. The van der Waals surface area contributed by atoms with Gasteiger partial charge in [-0.15, -0.1) is 0 Å². The number of carbonyl (C=O) groups excluding carboxylic acids is 1. The van der Waals surface area contributed by atoms with E-state index >= 15 is 0 Å². The van der Waals surface area contributed by atoms with Crippen LogP contribution in [-0.4, -0.2) is 36.1 Å². The molecule has 0 bridgehead atoms. The molecule has 0 radical (unpaired) electrons. The molecule has 0 aliphatic carbocycles. The van der Waals surface area contributed by atoms with E-state index in [4.69, 9.17) is 4.74 Å². The Balaban J connectivity index is 1.63. The highest BCUT2D eigenvalue weighted by Gasteiger charge is 2.16. The standard InChI is InChI=1S/C11H18N2O2S/c14-10(13-11-12-6-8-16-11)5-4-9-3-1-2-7-15-9/h9H,1-8H2,(H,12,13,14). The number of rotatable bonds is 3. The van der Waals surface area contributed by atoms with Gasteiger partial charge in [-0.05, 0) is 25.7 Å². The normalized spacial score (nSPS) is 25.2. The van der Waals surface area contributed by atoms with Gasteiger partial charge in [-0.1, -0.05) is 11.8 Å². The van der Waals surface area contributed by atoms with Gasteiger partial charge in [0, 0.05) is 18.8 Å². The minimum atomic E-state index is 0.0716. The van der Waals surface area contributed by atoms with E-state index in [0.29, 0.717) is 6.42 Å². The minimum Gasteiger partial charge on any atom is -0.378 e. The molecule has 0 aromatic carbocycles. The third-order valence-corrected chi connectivity index (χ3v) is 3.69. The Labute approximate surface area is 100 Å². The lowest BCUT2D eigenvalue weighted by Crippen LogP contribution is -2.29. The van der Waals surface area contributed by atoms with Gasteiger partial charge in [0.2, 0.25) is 5.91 Å². The molecule has 90 valence electrons. The van der Waals surface area contributed by atoms with Crippen LogP contribution < -0.4 is 5.32 Å². The topological polar surface area (TPSA) is 50.7 Å². The second-order valence-electron chi connectivity index (χ2n) is 4.11. The van der Waals surface area contributed by atoms with Crippen LogP contribution in [0.25, 0.3) is 0 Å². The lowest BCUT2D eigenvalue weighted by atomic mass is 10.0. The molecule has 2 aliphatic heterocycles. The van der Waals surface area contributed by atoms with Crippen molar-refractivity contribution in [3.63, 3.8) is 0 Å². The van der Waals surface area contributed by atoms with Gasteiger partial charge in [0.15, 0.2) is 5.17 Å². The molecule has 2 aliphatic rings. The molecule has 0 aromatic rings. The fourth-order valence-electron chi connectivity index (χ4n) is 1.92. The Morgan fingerprint density at radius 3 is 3.19 bits per heavy atom. The number of nitrogens with one attached hydrogen (secondary N) is 1. The van der Waals surface area contributed by atoms with Crippen molar-refractivity contribution in [2.45, 2.75) is 38.2 Å². The molecule has 1 amide bonds. The van der Waals surface area contributed by atoms with Crippen molar-refractivity contribution in [2.75, 3.05) is 18.9 Å². The summed E-state index contributed by atoms with van der Waals surface area (Å²) < 4.78 is 5.58. The molecule has 1 unspecified atom stereocenters. The highest BCUT2D eigenvalue weighted by Crippen LogP contribution is 2.17. The van der Waals surface area contributed by atoms with E-state index in [2.05, 4.69) is 10.3 Å². The highest BCUT2D eigenvalue weighted by molar-refractivity contribution is 8.14.